The second kappa shape index (κ2) is 286. The molecule has 0 unspecified atom stereocenters. The van der Waals surface area contributed by atoms with E-state index in [1.54, 1.807) is 0 Å². The first-order chi connectivity index (χ1) is 2.83. The molecule has 0 bridgehead atoms. The van der Waals surface area contributed by atoms with Crippen molar-refractivity contribution in [2.75, 3.05) is 0 Å². The quantitative estimate of drug-likeness (QED) is 0.283. The molecule has 0 aromatic heterocycles. The van der Waals surface area contributed by atoms with E-state index >= 15 is 0 Å². The average Bonchev–Trinajstić information content (AvgIpc) is 1.39. The van der Waals surface area contributed by atoms with Crippen molar-refractivity contribution in [2.45, 2.75) is 0 Å². The third kappa shape index (κ3) is 278000. The van der Waals surface area contributed by atoms with Crippen molar-refractivity contribution in [2.24, 2.45) is 0 Å². The van der Waals surface area contributed by atoms with Crippen LogP contribution in [0, 0.1) is 10.7 Å². The van der Waals surface area contributed by atoms with Crippen LogP contribution in [0.3, 0.4) is 0 Å². The first-order valence-electron chi connectivity index (χ1n) is 0.875. The number of thiol groups is 1. The molecule has 12 heavy (non-hydrogen) atoms. The van der Waals surface area contributed by atoms with Gasteiger partial charge in [0.1, 0.15) is 5.40 Å². The van der Waals surface area contributed by atoms with Crippen LogP contribution in [0.15, 0.2) is 0 Å². The number of isothiocyanates is 1. The van der Waals surface area contributed by atoms with Gasteiger partial charge in [-0.3, -0.25) is 0 Å². The van der Waals surface area contributed by atoms with Crippen LogP contribution < -0.4 is 0 Å². The summed E-state index contributed by atoms with van der Waals surface area (Å²) in [6.45, 7) is 0. The molecular weight excluding hydrogens is 245 g/mol. The van der Waals surface area contributed by atoms with Crippen LogP contribution in [-0.2, 0) is 16.8 Å². The van der Waals surface area contributed by atoms with Crippen molar-refractivity contribution in [1.29, 1.82) is 5.26 Å². The fourth-order valence-corrected chi connectivity index (χ4v) is 0. The molecule has 0 saturated heterocycles. The van der Waals surface area contributed by atoms with Crippen LogP contribution in [0.4, 0.5) is 0 Å². The number of nitriles is 1. The number of hydrogen-bond acceptors (Lipinski definition) is 3. The zero-order valence-corrected chi connectivity index (χ0v) is 8.72. The van der Waals surface area contributed by atoms with Gasteiger partial charge in [-0.1, -0.05) is 24.8 Å². The topological polar surface area (TPSA) is 214 Å². The van der Waals surface area contributed by atoms with Gasteiger partial charge in [-0.15, -0.1) is 0 Å². The van der Waals surface area contributed by atoms with Gasteiger partial charge in [-0.05, 0) is 0 Å². The maximum Gasteiger partial charge on any atom is 3.00 e. The van der Waals surface area contributed by atoms with E-state index in [0.717, 1.165) is 0 Å². The van der Waals surface area contributed by atoms with E-state index in [1.165, 1.54) is 10.6 Å². The second-order valence-corrected chi connectivity index (χ2v) is 0.574. The standard InChI is InChI=1S/CHNS.CNS.Co.5H2N/c2*2-1-3;;;;;;/h3H;;;5*1H2/q;-1;+3;5*-1. The molecule has 0 rings (SSSR count). The monoisotopic (exact) mass is 256 g/mol. The SMILES string of the molecule is N#CS.[Co+3].[N-]=C=S.[NH2-].[NH2-].[NH2-].[NH2-].[NH2-]. The van der Waals surface area contributed by atoms with Gasteiger partial charge >= 0.3 is 16.8 Å². The summed E-state index contributed by atoms with van der Waals surface area (Å²) >= 11 is 6.79. The van der Waals surface area contributed by atoms with Gasteiger partial charge in [0.2, 0.25) is 0 Å². The molecule has 10 N–H and O–H groups in total. The fraction of sp³-hybridized carbons (Fsp3) is 0. The van der Waals surface area contributed by atoms with Crippen LogP contribution >= 0.6 is 24.8 Å². The first kappa shape index (κ1) is 91.9. The van der Waals surface area contributed by atoms with Crippen molar-refractivity contribution in [3.8, 4) is 5.40 Å². The molecular formula is C2H11CoN7S2-3. The van der Waals surface area contributed by atoms with Gasteiger partial charge in [0.05, 0.1) is 0 Å². The Kier molecular flexibility index (Phi) is 2190. The Hall–Kier alpha value is -0.0535. The molecule has 10 heteroatoms. The Labute approximate surface area is 93.7 Å². The van der Waals surface area contributed by atoms with Crippen molar-refractivity contribution in [1.82, 2.24) is 0 Å². The second-order valence-electron chi connectivity index (χ2n) is 0.191. The summed E-state index contributed by atoms with van der Waals surface area (Å²) in [5.41, 5.74) is 0. The molecule has 7 nitrogen and oxygen atoms in total. The van der Waals surface area contributed by atoms with E-state index in [1.807, 2.05) is 0 Å². The molecule has 78 valence electrons. The Balaban J connectivity index is -0.00000000296. The molecule has 0 aliphatic rings. The van der Waals surface area contributed by atoms with Crippen LogP contribution in [0.2, 0.25) is 0 Å². The molecule has 0 fully saturated rings. The molecule has 0 radical (unpaired) electrons. The molecule has 0 aliphatic heterocycles. The summed E-state index contributed by atoms with van der Waals surface area (Å²) < 4.78 is 0. The van der Waals surface area contributed by atoms with Crippen LogP contribution in [0.5, 0.6) is 0 Å². The molecule has 0 atom stereocenters. The molecule has 0 aliphatic carbocycles. The van der Waals surface area contributed by atoms with Gasteiger partial charge in [-0.25, -0.2) is 0 Å². The zero-order chi connectivity index (χ0) is 5.41. The third-order valence-corrected chi connectivity index (χ3v) is 0. The summed E-state index contributed by atoms with van der Waals surface area (Å²) in [5, 5.41) is 17.1. The Bertz CT molecular complexity index is 85.9. The number of hydrogen-bond donors (Lipinski definition) is 1. The minimum Gasteiger partial charge on any atom is -0.753 e. The normalized spacial score (nSPS) is 1.33. The minimum absolute atomic E-state index is 0. The number of nitrogens with two attached hydrogens (primary N) is 5. The molecule has 0 aromatic carbocycles. The van der Waals surface area contributed by atoms with Gasteiger partial charge < -0.3 is 36.2 Å². The van der Waals surface area contributed by atoms with Crippen LogP contribution in [0.25, 0.3) is 36.2 Å². The predicted octanol–water partition coefficient (Wildman–Crippen LogP) is 4.64. The number of thiocyanates is 1. The van der Waals surface area contributed by atoms with Gasteiger partial charge in [-0.2, -0.15) is 10.4 Å². The fourth-order valence-electron chi connectivity index (χ4n) is 0. The smallest absolute Gasteiger partial charge is 0.753 e. The molecule has 0 saturated carbocycles. The van der Waals surface area contributed by atoms with E-state index in [0.29, 0.717) is 0 Å². The van der Waals surface area contributed by atoms with Crippen molar-refractivity contribution in [3.05, 3.63) is 36.2 Å². The summed E-state index contributed by atoms with van der Waals surface area (Å²) in [6, 6.07) is 0. The summed E-state index contributed by atoms with van der Waals surface area (Å²) in [7, 11) is 0. The maximum atomic E-state index is 7.18. The minimum atomic E-state index is 0. The zero-order valence-electron chi connectivity index (χ0n) is 5.97. The van der Waals surface area contributed by atoms with Crippen molar-refractivity contribution in [3.63, 3.8) is 0 Å². The summed E-state index contributed by atoms with van der Waals surface area (Å²) in [6.07, 6.45) is 0. The number of rotatable bonds is 0. The first-order valence-corrected chi connectivity index (χ1v) is 1.73. The van der Waals surface area contributed by atoms with Crippen LogP contribution in [-0.4, -0.2) is 5.16 Å². The molecule has 0 heterocycles. The summed E-state index contributed by atoms with van der Waals surface area (Å²) in [5.74, 6) is 0. The molecule has 0 aromatic rings. The Morgan fingerprint density at radius 1 is 1.08 bits per heavy atom. The third-order valence-electron chi connectivity index (χ3n) is 0. The van der Waals surface area contributed by atoms with E-state index in [4.69, 9.17) is 10.7 Å². The van der Waals surface area contributed by atoms with Gasteiger partial charge in [0, 0.05) is 0 Å². The number of nitrogens with zero attached hydrogens (tertiary/aromatic N) is 2. The van der Waals surface area contributed by atoms with E-state index in [9.17, 15) is 0 Å². The van der Waals surface area contributed by atoms with Crippen molar-refractivity contribution < 1.29 is 16.8 Å². The van der Waals surface area contributed by atoms with Gasteiger partial charge in [0.25, 0.3) is 0 Å². The van der Waals surface area contributed by atoms with E-state index in [2.05, 4.69) is 24.8 Å². The molecule has 0 amide bonds. The molecule has 0 spiro atoms. The predicted molar refractivity (Wildman–Crippen MR) is 57.0 cm³/mol. The van der Waals surface area contributed by atoms with Gasteiger partial charge in [0.15, 0.2) is 0 Å². The Morgan fingerprint density at radius 3 is 1.08 bits per heavy atom. The summed E-state index contributed by atoms with van der Waals surface area (Å²) in [4.78, 5) is 0. The Morgan fingerprint density at radius 2 is 1.08 bits per heavy atom. The number of thiocarbonyl (C=S) groups is 1. The average molecular weight is 256 g/mol. The van der Waals surface area contributed by atoms with E-state index < -0.39 is 0 Å². The van der Waals surface area contributed by atoms with E-state index in [-0.39, 0.29) is 47.5 Å². The maximum absolute atomic E-state index is 7.18. The largest absolute Gasteiger partial charge is 3.00 e. The van der Waals surface area contributed by atoms with Crippen molar-refractivity contribution >= 4 is 30.0 Å². The van der Waals surface area contributed by atoms with Crippen LogP contribution in [0.1, 0.15) is 0 Å².